The van der Waals surface area contributed by atoms with Gasteiger partial charge >= 0.3 is 5.97 Å². The average Bonchev–Trinajstić information content (AvgIpc) is 2.76. The van der Waals surface area contributed by atoms with Crippen LogP contribution in [0.2, 0.25) is 0 Å². The zero-order valence-corrected chi connectivity index (χ0v) is 19.3. The maximum absolute atomic E-state index is 11.6. The van der Waals surface area contributed by atoms with Gasteiger partial charge in [-0.3, -0.25) is 10.9 Å². The fourth-order valence-electron chi connectivity index (χ4n) is 3.05. The van der Waals surface area contributed by atoms with Crippen molar-refractivity contribution in [2.45, 2.75) is 26.4 Å². The lowest BCUT2D eigenvalue weighted by atomic mass is 9.99. The molecule has 0 radical (unpaired) electrons. The van der Waals surface area contributed by atoms with Gasteiger partial charge in [0, 0.05) is 11.3 Å². The largest absolute Gasteiger partial charge is 0.497 e. The summed E-state index contributed by atoms with van der Waals surface area (Å²) < 4.78 is 21.7. The maximum Gasteiger partial charge on any atom is 0.344 e. The first-order valence-corrected chi connectivity index (χ1v) is 10.5. The van der Waals surface area contributed by atoms with E-state index in [0.717, 1.165) is 22.7 Å². The third kappa shape index (κ3) is 6.27. The van der Waals surface area contributed by atoms with E-state index < -0.39 is 11.6 Å². The van der Waals surface area contributed by atoms with Crippen LogP contribution in [0, 0.1) is 0 Å². The first-order valence-electron chi connectivity index (χ1n) is 10.1. The molecule has 3 N–H and O–H groups in total. The Balaban J connectivity index is 1.68. The molecule has 3 rings (SSSR count). The van der Waals surface area contributed by atoms with Gasteiger partial charge in [0.25, 0.3) is 0 Å². The zero-order chi connectivity index (χ0) is 23.1. The van der Waals surface area contributed by atoms with Gasteiger partial charge in [-0.05, 0) is 81.5 Å². The number of anilines is 1. The second kappa shape index (κ2) is 10.2. The van der Waals surface area contributed by atoms with Gasteiger partial charge in [-0.2, -0.15) is 0 Å². The monoisotopic (exact) mass is 457 g/mol. The van der Waals surface area contributed by atoms with Crippen LogP contribution < -0.4 is 30.4 Å². The Labute approximate surface area is 192 Å². The van der Waals surface area contributed by atoms with Crippen LogP contribution in [-0.2, 0) is 9.53 Å². The topological polar surface area (TPSA) is 90.1 Å². The Hall–Kier alpha value is -3.46. The molecule has 0 aliphatic carbocycles. The van der Waals surface area contributed by atoms with E-state index in [9.17, 15) is 4.79 Å². The molecule has 32 heavy (non-hydrogen) atoms. The third-order valence-electron chi connectivity index (χ3n) is 4.43. The van der Waals surface area contributed by atoms with Crippen LogP contribution in [0.25, 0.3) is 5.70 Å². The summed E-state index contributed by atoms with van der Waals surface area (Å²) >= 11 is 5.39. The van der Waals surface area contributed by atoms with Gasteiger partial charge in [0.05, 0.1) is 19.4 Å². The van der Waals surface area contributed by atoms with E-state index in [4.69, 9.17) is 31.2 Å². The number of carbonyl (C=O) groups excluding carboxylic acids is 1. The number of carbonyl (C=O) groups is 1. The number of benzene rings is 2. The van der Waals surface area contributed by atoms with Crippen molar-refractivity contribution in [3.05, 3.63) is 54.1 Å². The van der Waals surface area contributed by atoms with Crippen molar-refractivity contribution >= 4 is 34.7 Å². The number of nitrogens with one attached hydrogen (secondary N) is 3. The molecule has 0 atom stereocenters. The van der Waals surface area contributed by atoms with Crippen molar-refractivity contribution in [2.75, 3.05) is 25.6 Å². The van der Waals surface area contributed by atoms with Crippen LogP contribution in [0.5, 0.6) is 17.2 Å². The lowest BCUT2D eigenvalue weighted by Crippen LogP contribution is -2.41. The highest BCUT2D eigenvalue weighted by Crippen LogP contribution is 2.36. The average molecular weight is 458 g/mol. The maximum atomic E-state index is 11.6. The lowest BCUT2D eigenvalue weighted by Gasteiger charge is -2.31. The van der Waals surface area contributed by atoms with Crippen LogP contribution in [0.15, 0.2) is 48.5 Å². The number of methoxy groups -OCH3 is 1. The number of ether oxygens (including phenoxy) is 4. The van der Waals surface area contributed by atoms with Crippen molar-refractivity contribution in [1.82, 2.24) is 10.9 Å². The molecule has 0 saturated heterocycles. The summed E-state index contributed by atoms with van der Waals surface area (Å²) in [5, 5.41) is 3.49. The van der Waals surface area contributed by atoms with Crippen molar-refractivity contribution in [1.29, 1.82) is 0 Å². The second-order valence-electron chi connectivity index (χ2n) is 7.45. The van der Waals surface area contributed by atoms with Crippen LogP contribution in [0.4, 0.5) is 5.69 Å². The fraction of sp³-hybridized carbons (Fsp3) is 0.304. The van der Waals surface area contributed by atoms with Gasteiger partial charge in [-0.25, -0.2) is 4.79 Å². The van der Waals surface area contributed by atoms with Crippen LogP contribution in [0.1, 0.15) is 26.3 Å². The molecule has 0 bridgehead atoms. The SMILES string of the molecule is CCOC(=O)COc1ccc2c(c1)C(NNC(=S)Nc1ccc(OC)cc1)=CC(C)(C)O2. The van der Waals surface area contributed by atoms with E-state index in [1.165, 1.54) is 0 Å². The Kier molecular flexibility index (Phi) is 7.42. The molecule has 0 aromatic heterocycles. The summed E-state index contributed by atoms with van der Waals surface area (Å²) in [6.07, 6.45) is 1.94. The van der Waals surface area contributed by atoms with Gasteiger partial charge in [0.2, 0.25) is 0 Å². The predicted molar refractivity (Wildman–Crippen MR) is 127 cm³/mol. The lowest BCUT2D eigenvalue weighted by molar-refractivity contribution is -0.145. The van der Waals surface area contributed by atoms with Crippen LogP contribution in [0.3, 0.4) is 0 Å². The van der Waals surface area contributed by atoms with Gasteiger partial charge in [-0.1, -0.05) is 0 Å². The Bertz CT molecular complexity index is 1010. The number of hydrogen-bond acceptors (Lipinski definition) is 7. The van der Waals surface area contributed by atoms with E-state index in [2.05, 4.69) is 16.2 Å². The van der Waals surface area contributed by atoms with Gasteiger partial charge in [0.15, 0.2) is 11.7 Å². The van der Waals surface area contributed by atoms with E-state index in [-0.39, 0.29) is 6.61 Å². The van der Waals surface area contributed by atoms with E-state index in [1.54, 1.807) is 32.2 Å². The van der Waals surface area contributed by atoms with Crippen LogP contribution >= 0.6 is 12.2 Å². The normalized spacial score (nSPS) is 13.6. The minimum absolute atomic E-state index is 0.167. The Morgan fingerprint density at radius 3 is 2.53 bits per heavy atom. The second-order valence-corrected chi connectivity index (χ2v) is 7.86. The smallest absolute Gasteiger partial charge is 0.344 e. The molecular weight excluding hydrogens is 430 g/mol. The quantitative estimate of drug-likeness (QED) is 0.312. The highest BCUT2D eigenvalue weighted by Gasteiger charge is 2.27. The summed E-state index contributed by atoms with van der Waals surface area (Å²) in [6, 6.07) is 12.8. The molecule has 8 nitrogen and oxygen atoms in total. The van der Waals surface area contributed by atoms with Gasteiger partial charge in [0.1, 0.15) is 22.8 Å². The molecule has 0 spiro atoms. The molecule has 0 saturated carbocycles. The predicted octanol–water partition coefficient (Wildman–Crippen LogP) is 3.64. The molecular formula is C23H27N3O5S. The van der Waals surface area contributed by atoms with Crippen molar-refractivity contribution < 1.29 is 23.7 Å². The molecule has 2 aromatic rings. The van der Waals surface area contributed by atoms with E-state index in [1.807, 2.05) is 44.2 Å². The molecule has 0 amide bonds. The summed E-state index contributed by atoms with van der Waals surface area (Å²) in [7, 11) is 1.62. The van der Waals surface area contributed by atoms with Gasteiger partial charge in [-0.15, -0.1) is 0 Å². The van der Waals surface area contributed by atoms with Crippen molar-refractivity contribution in [2.24, 2.45) is 0 Å². The number of hydrogen-bond donors (Lipinski definition) is 3. The zero-order valence-electron chi connectivity index (χ0n) is 18.5. The molecule has 1 heterocycles. The minimum Gasteiger partial charge on any atom is -0.497 e. The molecule has 2 aromatic carbocycles. The van der Waals surface area contributed by atoms with Crippen molar-refractivity contribution in [3.63, 3.8) is 0 Å². The summed E-state index contributed by atoms with van der Waals surface area (Å²) in [6.45, 7) is 5.80. The molecule has 170 valence electrons. The highest BCUT2D eigenvalue weighted by molar-refractivity contribution is 7.80. The standard InChI is InChI=1S/C23H27N3O5S/c1-5-29-21(27)14-30-17-10-11-20-18(12-17)19(13-23(2,3)31-20)25-26-22(32)24-15-6-8-16(28-4)9-7-15/h6-13,25H,5,14H2,1-4H3,(H2,24,26,32). The van der Waals surface area contributed by atoms with Crippen LogP contribution in [-0.4, -0.2) is 37.0 Å². The van der Waals surface area contributed by atoms with Gasteiger partial charge < -0.3 is 24.3 Å². The highest BCUT2D eigenvalue weighted by atomic mass is 32.1. The molecule has 1 aliphatic heterocycles. The number of esters is 1. The van der Waals surface area contributed by atoms with E-state index in [0.29, 0.717) is 23.2 Å². The summed E-state index contributed by atoms with van der Waals surface area (Å²) in [5.41, 5.74) is 7.96. The molecule has 0 fully saturated rings. The molecule has 1 aliphatic rings. The number of rotatable bonds is 8. The fourth-order valence-corrected chi connectivity index (χ4v) is 3.21. The summed E-state index contributed by atoms with van der Waals surface area (Å²) in [5.74, 6) is 1.54. The van der Waals surface area contributed by atoms with Crippen molar-refractivity contribution in [3.8, 4) is 17.2 Å². The Morgan fingerprint density at radius 2 is 1.84 bits per heavy atom. The first kappa shape index (κ1) is 23.2. The Morgan fingerprint density at radius 1 is 1.12 bits per heavy atom. The summed E-state index contributed by atoms with van der Waals surface area (Å²) in [4.78, 5) is 11.6. The third-order valence-corrected chi connectivity index (χ3v) is 4.63. The molecule has 0 unspecified atom stereocenters. The first-order chi connectivity index (χ1) is 15.3. The molecule has 9 heteroatoms. The number of fused-ring (bicyclic) bond motifs is 1. The number of hydrazine groups is 1. The minimum atomic E-state index is -0.532. The van der Waals surface area contributed by atoms with E-state index >= 15 is 0 Å². The number of thiocarbonyl (C=S) groups is 1.